The Morgan fingerprint density at radius 1 is 1.15 bits per heavy atom. The quantitative estimate of drug-likeness (QED) is 0.501. The fraction of sp³-hybridized carbons (Fsp3) is 0.500. The van der Waals surface area contributed by atoms with Gasteiger partial charge < -0.3 is 25.3 Å². The molecule has 8 nitrogen and oxygen atoms in total. The van der Waals surface area contributed by atoms with Gasteiger partial charge in [0.1, 0.15) is 11.1 Å². The fourth-order valence-corrected chi connectivity index (χ4v) is 5.23. The normalized spacial score (nSPS) is 22.2. The van der Waals surface area contributed by atoms with Crippen molar-refractivity contribution in [1.29, 1.82) is 0 Å². The molecule has 0 aromatic carbocycles. The number of fused-ring (bicyclic) bond motifs is 1. The van der Waals surface area contributed by atoms with E-state index in [4.69, 9.17) is 9.72 Å². The van der Waals surface area contributed by atoms with Gasteiger partial charge >= 0.3 is 0 Å². The molecule has 0 spiro atoms. The monoisotopic (exact) mass is 460 g/mol. The van der Waals surface area contributed by atoms with Crippen LogP contribution in [0.2, 0.25) is 0 Å². The number of aromatic amines is 1. The van der Waals surface area contributed by atoms with E-state index in [0.29, 0.717) is 24.9 Å². The SMILES string of the molecule is O=C(Nc1cnc2[nH]ccc2c1)C1(c2ccc(N3CCC[C@@H](NCC4CCC4)C3)cn2)COC1. The van der Waals surface area contributed by atoms with Gasteiger partial charge in [-0.2, -0.15) is 0 Å². The standard InChI is InChI=1S/C26H32N6O2/c33-25(31-21-11-19-8-9-27-24(19)30-13-21)26(16-34-17-26)23-7-6-22(14-29-23)32-10-2-5-20(15-32)28-12-18-3-1-4-18/h6-9,11,13-14,18,20,28H,1-5,10,12,15-17H2,(H,27,30)(H,31,33)/t20-/m1/s1. The summed E-state index contributed by atoms with van der Waals surface area (Å²) in [5, 5.41) is 7.77. The molecule has 1 amide bonds. The number of pyridine rings is 2. The molecule has 178 valence electrons. The first kappa shape index (κ1) is 21.6. The van der Waals surface area contributed by atoms with Gasteiger partial charge in [-0.15, -0.1) is 0 Å². The van der Waals surface area contributed by atoms with E-state index in [1.165, 1.54) is 32.1 Å². The zero-order valence-corrected chi connectivity index (χ0v) is 19.4. The van der Waals surface area contributed by atoms with Gasteiger partial charge in [-0.3, -0.25) is 9.78 Å². The van der Waals surface area contributed by atoms with Crippen molar-refractivity contribution in [2.75, 3.05) is 43.1 Å². The van der Waals surface area contributed by atoms with Gasteiger partial charge in [0.2, 0.25) is 5.91 Å². The Morgan fingerprint density at radius 2 is 2.06 bits per heavy atom. The van der Waals surface area contributed by atoms with E-state index >= 15 is 0 Å². The minimum atomic E-state index is -0.763. The van der Waals surface area contributed by atoms with Crippen LogP contribution in [-0.2, 0) is 14.9 Å². The second-order valence-electron chi connectivity index (χ2n) is 10.1. The summed E-state index contributed by atoms with van der Waals surface area (Å²) in [5.41, 5.74) is 2.59. The van der Waals surface area contributed by atoms with E-state index < -0.39 is 5.41 Å². The van der Waals surface area contributed by atoms with Crippen LogP contribution in [0.4, 0.5) is 11.4 Å². The molecule has 3 fully saturated rings. The zero-order valence-electron chi connectivity index (χ0n) is 19.4. The molecule has 6 rings (SSSR count). The van der Waals surface area contributed by atoms with Gasteiger partial charge in [0, 0.05) is 30.7 Å². The van der Waals surface area contributed by atoms with Crippen molar-refractivity contribution in [3.63, 3.8) is 0 Å². The van der Waals surface area contributed by atoms with Crippen LogP contribution in [0.15, 0.2) is 42.9 Å². The van der Waals surface area contributed by atoms with E-state index in [1.54, 1.807) is 6.20 Å². The van der Waals surface area contributed by atoms with E-state index in [-0.39, 0.29) is 5.91 Å². The lowest BCUT2D eigenvalue weighted by Crippen LogP contribution is -2.56. The van der Waals surface area contributed by atoms with Crippen LogP contribution in [0.3, 0.4) is 0 Å². The Balaban J connectivity index is 1.13. The topological polar surface area (TPSA) is 95.2 Å². The minimum Gasteiger partial charge on any atom is -0.378 e. The summed E-state index contributed by atoms with van der Waals surface area (Å²) in [4.78, 5) is 27.9. The Hall–Kier alpha value is -2.97. The lowest BCUT2D eigenvalue weighted by atomic mass is 9.80. The summed E-state index contributed by atoms with van der Waals surface area (Å²) in [6.45, 7) is 3.88. The molecular formula is C26H32N6O2. The highest BCUT2D eigenvalue weighted by Crippen LogP contribution is 2.34. The number of piperidine rings is 1. The minimum absolute atomic E-state index is 0.103. The molecule has 3 aromatic rings. The zero-order chi connectivity index (χ0) is 23.0. The van der Waals surface area contributed by atoms with E-state index in [2.05, 4.69) is 31.6 Å². The third kappa shape index (κ3) is 4.05. The Bertz CT molecular complexity index is 1150. The van der Waals surface area contributed by atoms with Crippen molar-refractivity contribution in [2.24, 2.45) is 5.92 Å². The van der Waals surface area contributed by atoms with Crippen LogP contribution in [0.25, 0.3) is 11.0 Å². The van der Waals surface area contributed by atoms with Crippen LogP contribution in [0.1, 0.15) is 37.8 Å². The van der Waals surface area contributed by atoms with E-state index in [0.717, 1.165) is 48.0 Å². The summed E-state index contributed by atoms with van der Waals surface area (Å²) >= 11 is 0. The Morgan fingerprint density at radius 3 is 2.79 bits per heavy atom. The Labute approximate surface area is 199 Å². The number of H-pyrrole nitrogens is 1. The summed E-state index contributed by atoms with van der Waals surface area (Å²) in [6.07, 6.45) is 12.0. The first-order chi connectivity index (χ1) is 16.7. The molecule has 5 heterocycles. The van der Waals surface area contributed by atoms with Crippen molar-refractivity contribution in [3.05, 3.63) is 48.5 Å². The molecule has 2 aliphatic heterocycles. The molecule has 0 bridgehead atoms. The van der Waals surface area contributed by atoms with Crippen LogP contribution < -0.4 is 15.5 Å². The molecule has 1 saturated carbocycles. The first-order valence-corrected chi connectivity index (χ1v) is 12.5. The number of anilines is 2. The number of ether oxygens (including phenoxy) is 1. The third-order valence-corrected chi connectivity index (χ3v) is 7.73. The maximum atomic E-state index is 13.3. The number of nitrogens with one attached hydrogen (secondary N) is 3. The second-order valence-corrected chi connectivity index (χ2v) is 10.1. The number of hydrogen-bond acceptors (Lipinski definition) is 6. The molecule has 3 aliphatic rings. The molecule has 2 saturated heterocycles. The van der Waals surface area contributed by atoms with Gasteiger partial charge in [-0.1, -0.05) is 6.42 Å². The van der Waals surface area contributed by atoms with Crippen molar-refractivity contribution >= 4 is 28.3 Å². The maximum absolute atomic E-state index is 13.3. The average Bonchev–Trinajstić information content (AvgIpc) is 3.26. The molecule has 1 atom stereocenters. The number of carbonyl (C=O) groups excluding carboxylic acids is 1. The molecule has 3 aromatic heterocycles. The molecule has 3 N–H and O–H groups in total. The smallest absolute Gasteiger partial charge is 0.241 e. The highest BCUT2D eigenvalue weighted by Gasteiger charge is 2.49. The van der Waals surface area contributed by atoms with Crippen molar-refractivity contribution in [3.8, 4) is 0 Å². The number of carbonyl (C=O) groups is 1. The molecule has 8 heteroatoms. The second kappa shape index (κ2) is 9.00. The van der Waals surface area contributed by atoms with Crippen molar-refractivity contribution in [2.45, 2.75) is 43.6 Å². The molecule has 0 unspecified atom stereocenters. The number of hydrogen-bond donors (Lipinski definition) is 3. The average molecular weight is 461 g/mol. The molecule has 0 radical (unpaired) electrons. The van der Waals surface area contributed by atoms with Crippen LogP contribution in [-0.4, -0.2) is 59.7 Å². The predicted molar refractivity (Wildman–Crippen MR) is 132 cm³/mol. The lowest BCUT2D eigenvalue weighted by Gasteiger charge is -2.40. The highest BCUT2D eigenvalue weighted by atomic mass is 16.5. The van der Waals surface area contributed by atoms with Gasteiger partial charge in [0.05, 0.1) is 42.7 Å². The summed E-state index contributed by atoms with van der Waals surface area (Å²) in [5.74, 6) is 0.776. The molecular weight excluding hydrogens is 428 g/mol. The van der Waals surface area contributed by atoms with Crippen molar-refractivity contribution < 1.29 is 9.53 Å². The van der Waals surface area contributed by atoms with Crippen LogP contribution >= 0.6 is 0 Å². The molecule has 1 aliphatic carbocycles. The summed E-state index contributed by atoms with van der Waals surface area (Å²) in [7, 11) is 0. The third-order valence-electron chi connectivity index (χ3n) is 7.73. The lowest BCUT2D eigenvalue weighted by molar-refractivity contribution is -0.140. The first-order valence-electron chi connectivity index (χ1n) is 12.5. The maximum Gasteiger partial charge on any atom is 0.241 e. The van der Waals surface area contributed by atoms with Crippen LogP contribution in [0.5, 0.6) is 0 Å². The fourth-order valence-electron chi connectivity index (χ4n) is 5.23. The highest BCUT2D eigenvalue weighted by molar-refractivity contribution is 6.00. The van der Waals surface area contributed by atoms with E-state index in [1.807, 2.05) is 30.6 Å². The van der Waals surface area contributed by atoms with Gasteiger partial charge in [-0.25, -0.2) is 4.98 Å². The number of rotatable bonds is 7. The number of nitrogens with zero attached hydrogens (tertiary/aromatic N) is 3. The largest absolute Gasteiger partial charge is 0.378 e. The van der Waals surface area contributed by atoms with Crippen LogP contribution in [0, 0.1) is 5.92 Å². The summed E-state index contributed by atoms with van der Waals surface area (Å²) in [6, 6.07) is 8.51. The van der Waals surface area contributed by atoms with E-state index in [9.17, 15) is 4.79 Å². The van der Waals surface area contributed by atoms with Gasteiger partial charge in [-0.05, 0) is 62.4 Å². The number of aromatic nitrogens is 3. The van der Waals surface area contributed by atoms with Crippen molar-refractivity contribution in [1.82, 2.24) is 20.3 Å². The van der Waals surface area contributed by atoms with Gasteiger partial charge in [0.15, 0.2) is 0 Å². The summed E-state index contributed by atoms with van der Waals surface area (Å²) < 4.78 is 5.49. The number of amides is 1. The molecule has 34 heavy (non-hydrogen) atoms. The Kier molecular flexibility index (Phi) is 5.71. The van der Waals surface area contributed by atoms with Gasteiger partial charge in [0.25, 0.3) is 0 Å². The predicted octanol–water partition coefficient (Wildman–Crippen LogP) is 3.22.